The van der Waals surface area contributed by atoms with Crippen molar-refractivity contribution in [2.75, 3.05) is 17.3 Å². The normalized spacial score (nSPS) is 13.6. The molecule has 2 amide bonds. The molecule has 0 unspecified atom stereocenters. The second-order valence-electron chi connectivity index (χ2n) is 7.55. The number of rotatable bonds is 3. The van der Waals surface area contributed by atoms with Gasteiger partial charge in [-0.2, -0.15) is 0 Å². The van der Waals surface area contributed by atoms with Gasteiger partial charge in [-0.05, 0) is 50.1 Å². The zero-order valence-electron chi connectivity index (χ0n) is 17.0. The first-order chi connectivity index (χ1) is 13.9. The lowest BCUT2D eigenvalue weighted by Gasteiger charge is -2.15. The first kappa shape index (κ1) is 19.1. The predicted octanol–water partition coefficient (Wildman–Crippen LogP) is 3.70. The fraction of sp³-hybridized carbons (Fsp3) is 0.364. The van der Waals surface area contributed by atoms with Gasteiger partial charge in [0.2, 0.25) is 5.91 Å². The number of carbonyl (C=O) groups is 2. The number of nitrogens with one attached hydrogen (secondary N) is 1. The smallest absolute Gasteiger partial charge is 0.258 e. The van der Waals surface area contributed by atoms with E-state index in [-0.39, 0.29) is 11.8 Å². The van der Waals surface area contributed by atoms with Crippen LogP contribution in [0.1, 0.15) is 48.1 Å². The van der Waals surface area contributed by atoms with Crippen LogP contribution in [0.3, 0.4) is 0 Å². The number of imidazole rings is 1. The Balaban J connectivity index is 1.64. The Kier molecular flexibility index (Phi) is 5.05. The molecule has 0 spiro atoms. The van der Waals surface area contributed by atoms with E-state index in [1.807, 2.05) is 19.1 Å². The number of carbonyl (C=O) groups excluding carboxylic acids is 2. The third kappa shape index (κ3) is 3.72. The first-order valence-corrected chi connectivity index (χ1v) is 9.96. The van der Waals surface area contributed by atoms with E-state index in [0.717, 1.165) is 48.7 Å². The van der Waals surface area contributed by atoms with Crippen LogP contribution >= 0.6 is 0 Å². The summed E-state index contributed by atoms with van der Waals surface area (Å²) in [6.07, 6.45) is 4.34. The number of anilines is 2. The number of benzene rings is 1. The van der Waals surface area contributed by atoms with Crippen molar-refractivity contribution < 1.29 is 9.59 Å². The van der Waals surface area contributed by atoms with Gasteiger partial charge in [0.15, 0.2) is 5.65 Å². The molecule has 0 bridgehead atoms. The summed E-state index contributed by atoms with van der Waals surface area (Å²) in [5.41, 5.74) is 4.24. The summed E-state index contributed by atoms with van der Waals surface area (Å²) < 4.78 is 2.17. The van der Waals surface area contributed by atoms with Crippen LogP contribution in [0.25, 0.3) is 11.2 Å². The van der Waals surface area contributed by atoms with Crippen LogP contribution in [0.15, 0.2) is 30.3 Å². The topological polar surface area (TPSA) is 80.1 Å². The molecule has 4 rings (SSSR count). The van der Waals surface area contributed by atoms with Gasteiger partial charge in [0.25, 0.3) is 5.91 Å². The Morgan fingerprint density at radius 1 is 1.10 bits per heavy atom. The maximum absolute atomic E-state index is 13.0. The average Bonchev–Trinajstić information content (AvgIpc) is 2.88. The molecule has 1 aliphatic rings. The van der Waals surface area contributed by atoms with Gasteiger partial charge in [-0.15, -0.1) is 0 Å². The van der Waals surface area contributed by atoms with Crippen LogP contribution in [0, 0.1) is 6.92 Å². The van der Waals surface area contributed by atoms with Crippen molar-refractivity contribution in [3.63, 3.8) is 0 Å². The zero-order valence-corrected chi connectivity index (χ0v) is 17.0. The van der Waals surface area contributed by atoms with E-state index in [1.165, 1.54) is 13.3 Å². The molecule has 150 valence electrons. The Labute approximate surface area is 169 Å². The molecule has 0 aliphatic carbocycles. The van der Waals surface area contributed by atoms with Gasteiger partial charge >= 0.3 is 0 Å². The third-order valence-corrected chi connectivity index (χ3v) is 5.42. The summed E-state index contributed by atoms with van der Waals surface area (Å²) in [5, 5.41) is 2.95. The van der Waals surface area contributed by atoms with Crippen LogP contribution in [-0.2, 0) is 17.8 Å². The minimum Gasteiger partial charge on any atom is -0.322 e. The molecule has 7 nitrogen and oxygen atoms in total. The minimum absolute atomic E-state index is 0.0454. The molecule has 0 saturated carbocycles. The van der Waals surface area contributed by atoms with Crippen molar-refractivity contribution in [1.82, 2.24) is 14.5 Å². The molecule has 2 aromatic heterocycles. The monoisotopic (exact) mass is 391 g/mol. The number of pyridine rings is 1. The van der Waals surface area contributed by atoms with E-state index in [0.29, 0.717) is 16.8 Å². The Hall–Kier alpha value is -3.22. The van der Waals surface area contributed by atoms with Gasteiger partial charge in [0, 0.05) is 44.0 Å². The highest BCUT2D eigenvalue weighted by molar-refractivity contribution is 6.11. The number of hydrogen-bond acceptors (Lipinski definition) is 4. The quantitative estimate of drug-likeness (QED) is 0.738. The van der Waals surface area contributed by atoms with Crippen LogP contribution in [0.2, 0.25) is 0 Å². The van der Waals surface area contributed by atoms with Crippen molar-refractivity contribution in [3.05, 3.63) is 47.4 Å². The summed E-state index contributed by atoms with van der Waals surface area (Å²) in [6.45, 7) is 4.31. The summed E-state index contributed by atoms with van der Waals surface area (Å²) in [6, 6.07) is 9.00. The van der Waals surface area contributed by atoms with E-state index in [4.69, 9.17) is 4.98 Å². The fourth-order valence-electron chi connectivity index (χ4n) is 3.74. The van der Waals surface area contributed by atoms with Gasteiger partial charge in [-0.1, -0.05) is 6.42 Å². The van der Waals surface area contributed by atoms with E-state index < -0.39 is 0 Å². The maximum Gasteiger partial charge on any atom is 0.258 e. The van der Waals surface area contributed by atoms with Crippen molar-refractivity contribution >= 4 is 34.4 Å². The molecule has 1 aromatic carbocycles. The standard InChI is InChI=1S/C22H25N5O2/c1-14-13-18(20-21(23-14)27-12-6-4-5-7-19(27)25-20)22(29)24-16-8-10-17(11-9-16)26(3)15(2)28/h8-11,13H,4-7,12H2,1-3H3,(H,24,29). The van der Waals surface area contributed by atoms with Crippen molar-refractivity contribution in [1.29, 1.82) is 0 Å². The molecule has 0 atom stereocenters. The van der Waals surface area contributed by atoms with Gasteiger partial charge in [0.1, 0.15) is 11.3 Å². The molecule has 1 N–H and O–H groups in total. The van der Waals surface area contributed by atoms with Crippen molar-refractivity contribution in [3.8, 4) is 0 Å². The van der Waals surface area contributed by atoms with Crippen molar-refractivity contribution in [2.24, 2.45) is 0 Å². The molecular formula is C22H25N5O2. The lowest BCUT2D eigenvalue weighted by molar-refractivity contribution is -0.116. The summed E-state index contributed by atoms with van der Waals surface area (Å²) in [5.74, 6) is 0.763. The minimum atomic E-state index is -0.207. The number of fused-ring (bicyclic) bond motifs is 3. The van der Waals surface area contributed by atoms with Crippen LogP contribution in [0.4, 0.5) is 11.4 Å². The van der Waals surface area contributed by atoms with Crippen LogP contribution in [0.5, 0.6) is 0 Å². The van der Waals surface area contributed by atoms with E-state index in [2.05, 4.69) is 14.9 Å². The highest BCUT2D eigenvalue weighted by Gasteiger charge is 2.21. The lowest BCUT2D eigenvalue weighted by atomic mass is 10.1. The molecule has 1 aliphatic heterocycles. The Bertz CT molecular complexity index is 1080. The van der Waals surface area contributed by atoms with Crippen molar-refractivity contribution in [2.45, 2.75) is 46.1 Å². The highest BCUT2D eigenvalue weighted by Crippen LogP contribution is 2.25. The van der Waals surface area contributed by atoms with Crippen LogP contribution < -0.4 is 10.2 Å². The Morgan fingerprint density at radius 2 is 1.86 bits per heavy atom. The second-order valence-corrected chi connectivity index (χ2v) is 7.55. The Morgan fingerprint density at radius 3 is 2.59 bits per heavy atom. The SMILES string of the molecule is CC(=O)N(C)c1ccc(NC(=O)c2cc(C)nc3c2nc2n3CCCCC2)cc1. The molecule has 0 fully saturated rings. The molecule has 29 heavy (non-hydrogen) atoms. The zero-order chi connectivity index (χ0) is 20.5. The second kappa shape index (κ2) is 7.66. The largest absolute Gasteiger partial charge is 0.322 e. The highest BCUT2D eigenvalue weighted by atomic mass is 16.2. The molecular weight excluding hydrogens is 366 g/mol. The third-order valence-electron chi connectivity index (χ3n) is 5.42. The molecule has 7 heteroatoms. The van der Waals surface area contributed by atoms with Crippen LogP contribution in [-0.4, -0.2) is 33.4 Å². The van der Waals surface area contributed by atoms with E-state index >= 15 is 0 Å². The number of amides is 2. The fourth-order valence-corrected chi connectivity index (χ4v) is 3.74. The van der Waals surface area contributed by atoms with E-state index in [1.54, 1.807) is 30.1 Å². The number of hydrogen-bond donors (Lipinski definition) is 1. The molecule has 0 saturated heterocycles. The summed E-state index contributed by atoms with van der Waals surface area (Å²) in [4.78, 5) is 35.5. The number of nitrogens with zero attached hydrogens (tertiary/aromatic N) is 4. The molecule has 3 heterocycles. The van der Waals surface area contributed by atoms with Gasteiger partial charge in [-0.25, -0.2) is 9.97 Å². The average molecular weight is 391 g/mol. The maximum atomic E-state index is 13.0. The predicted molar refractivity (Wildman–Crippen MR) is 113 cm³/mol. The first-order valence-electron chi connectivity index (χ1n) is 9.96. The number of aryl methyl sites for hydroxylation is 3. The summed E-state index contributed by atoms with van der Waals surface area (Å²) in [7, 11) is 1.72. The molecule has 3 aromatic rings. The van der Waals surface area contributed by atoms with Gasteiger partial charge < -0.3 is 14.8 Å². The van der Waals surface area contributed by atoms with Gasteiger partial charge in [0.05, 0.1) is 5.56 Å². The van der Waals surface area contributed by atoms with E-state index in [9.17, 15) is 9.59 Å². The lowest BCUT2D eigenvalue weighted by Crippen LogP contribution is -2.22. The van der Waals surface area contributed by atoms with Gasteiger partial charge in [-0.3, -0.25) is 9.59 Å². The summed E-state index contributed by atoms with van der Waals surface area (Å²) >= 11 is 0. The number of aromatic nitrogens is 3. The molecule has 0 radical (unpaired) electrons.